The van der Waals surface area contributed by atoms with Crippen LogP contribution in [0.1, 0.15) is 22.8 Å². The molecule has 2 aromatic carbocycles. The van der Waals surface area contributed by atoms with Crippen molar-refractivity contribution in [3.05, 3.63) is 65.7 Å². The van der Waals surface area contributed by atoms with E-state index in [-0.39, 0.29) is 5.78 Å². The quantitative estimate of drug-likeness (QED) is 0.385. The number of carbonyl (C=O) groups excluding carboxylic acids is 1. The molecule has 2 aromatic rings. The maximum atomic E-state index is 12.1. The molecule has 0 aliphatic heterocycles. The molecule has 0 atom stereocenters. The molecular formula is C17H17NOS. The molecule has 0 saturated carbocycles. The summed E-state index contributed by atoms with van der Waals surface area (Å²) in [7, 11) is 0. The van der Waals surface area contributed by atoms with Gasteiger partial charge in [-0.15, -0.1) is 11.8 Å². The topological polar surface area (TPSA) is 43.1 Å². The number of rotatable bonds is 5. The molecule has 0 aliphatic rings. The van der Waals surface area contributed by atoms with Crippen molar-refractivity contribution in [2.24, 2.45) is 0 Å². The fourth-order valence-electron chi connectivity index (χ4n) is 1.81. The van der Waals surface area contributed by atoms with E-state index in [0.29, 0.717) is 11.3 Å². The highest BCUT2D eigenvalue weighted by molar-refractivity contribution is 7.99. The lowest BCUT2D eigenvalue weighted by molar-refractivity contribution is 0.104. The second-order valence-electron chi connectivity index (χ2n) is 4.28. The molecule has 0 heterocycles. The second kappa shape index (κ2) is 6.96. The number of hydrogen-bond donors (Lipinski definition) is 1. The number of para-hydroxylation sites is 1. The van der Waals surface area contributed by atoms with E-state index in [4.69, 9.17) is 5.73 Å². The van der Waals surface area contributed by atoms with Gasteiger partial charge in [-0.1, -0.05) is 25.1 Å². The van der Waals surface area contributed by atoms with Crippen LogP contribution in [-0.2, 0) is 0 Å². The van der Waals surface area contributed by atoms with E-state index in [9.17, 15) is 4.79 Å². The summed E-state index contributed by atoms with van der Waals surface area (Å²) < 4.78 is 0. The standard InChI is InChI=1S/C17H17NOS/c1-2-20-15-10-7-14(8-11-15)17(19)12-9-13-5-3-4-6-16(13)18/h3-12H,2,18H2,1H3. The van der Waals surface area contributed by atoms with Crippen molar-refractivity contribution in [3.8, 4) is 0 Å². The Morgan fingerprint density at radius 3 is 2.50 bits per heavy atom. The van der Waals surface area contributed by atoms with Crippen LogP contribution in [-0.4, -0.2) is 11.5 Å². The van der Waals surface area contributed by atoms with Crippen LogP contribution in [0, 0.1) is 0 Å². The van der Waals surface area contributed by atoms with Crippen LogP contribution in [0.3, 0.4) is 0 Å². The Hall–Kier alpha value is -2.00. The molecule has 0 radical (unpaired) electrons. The maximum Gasteiger partial charge on any atom is 0.185 e. The molecule has 0 amide bonds. The molecule has 0 saturated heterocycles. The van der Waals surface area contributed by atoms with Gasteiger partial charge in [0.25, 0.3) is 0 Å². The normalized spacial score (nSPS) is 10.8. The minimum atomic E-state index is -0.0127. The van der Waals surface area contributed by atoms with Crippen molar-refractivity contribution in [2.75, 3.05) is 11.5 Å². The van der Waals surface area contributed by atoms with Crippen LogP contribution >= 0.6 is 11.8 Å². The molecule has 0 aromatic heterocycles. The summed E-state index contributed by atoms with van der Waals surface area (Å²) in [6, 6.07) is 15.2. The van der Waals surface area contributed by atoms with Crippen LogP contribution in [0.2, 0.25) is 0 Å². The van der Waals surface area contributed by atoms with E-state index in [2.05, 4.69) is 6.92 Å². The van der Waals surface area contributed by atoms with E-state index in [1.807, 2.05) is 48.5 Å². The molecule has 102 valence electrons. The molecule has 2 nitrogen and oxygen atoms in total. The summed E-state index contributed by atoms with van der Waals surface area (Å²) in [5, 5.41) is 0. The van der Waals surface area contributed by atoms with Gasteiger partial charge in [0.15, 0.2) is 5.78 Å². The lowest BCUT2D eigenvalue weighted by atomic mass is 10.1. The third-order valence-corrected chi connectivity index (χ3v) is 3.75. The first-order chi connectivity index (χ1) is 9.70. The lowest BCUT2D eigenvalue weighted by Crippen LogP contribution is -1.94. The molecule has 0 bridgehead atoms. The van der Waals surface area contributed by atoms with Gasteiger partial charge < -0.3 is 5.73 Å². The summed E-state index contributed by atoms with van der Waals surface area (Å²) in [5.41, 5.74) is 8.06. The van der Waals surface area contributed by atoms with Gasteiger partial charge in [0.05, 0.1) is 0 Å². The van der Waals surface area contributed by atoms with E-state index in [0.717, 1.165) is 11.3 Å². The Morgan fingerprint density at radius 1 is 1.15 bits per heavy atom. The fraction of sp³-hybridized carbons (Fsp3) is 0.118. The highest BCUT2D eigenvalue weighted by atomic mass is 32.2. The fourth-order valence-corrected chi connectivity index (χ4v) is 2.47. The average Bonchev–Trinajstić information content (AvgIpc) is 2.47. The number of allylic oxidation sites excluding steroid dienone is 1. The Morgan fingerprint density at radius 2 is 1.85 bits per heavy atom. The minimum absolute atomic E-state index is 0.0127. The molecule has 2 N–H and O–H groups in total. The molecule has 20 heavy (non-hydrogen) atoms. The number of carbonyl (C=O) groups is 1. The van der Waals surface area contributed by atoms with Gasteiger partial charge in [0.2, 0.25) is 0 Å². The summed E-state index contributed by atoms with van der Waals surface area (Å²) in [6.07, 6.45) is 3.32. The Balaban J connectivity index is 2.10. The van der Waals surface area contributed by atoms with Crippen LogP contribution in [0.15, 0.2) is 59.5 Å². The lowest BCUT2D eigenvalue weighted by Gasteiger charge is -2.01. The zero-order valence-corrected chi connectivity index (χ0v) is 12.2. The van der Waals surface area contributed by atoms with E-state index in [1.54, 1.807) is 23.9 Å². The highest BCUT2D eigenvalue weighted by Crippen LogP contribution is 2.18. The molecule has 0 unspecified atom stereocenters. The predicted octanol–water partition coefficient (Wildman–Crippen LogP) is 4.28. The predicted molar refractivity (Wildman–Crippen MR) is 87.1 cm³/mol. The first kappa shape index (κ1) is 14.4. The van der Waals surface area contributed by atoms with Gasteiger partial charge in [-0.2, -0.15) is 0 Å². The van der Waals surface area contributed by atoms with Gasteiger partial charge in [0, 0.05) is 16.1 Å². The zero-order valence-electron chi connectivity index (χ0n) is 11.4. The highest BCUT2D eigenvalue weighted by Gasteiger charge is 2.02. The summed E-state index contributed by atoms with van der Waals surface area (Å²) in [6.45, 7) is 2.11. The number of hydrogen-bond acceptors (Lipinski definition) is 3. The largest absolute Gasteiger partial charge is 0.398 e. The number of benzene rings is 2. The smallest absolute Gasteiger partial charge is 0.185 e. The number of nitrogen functional groups attached to an aromatic ring is 1. The van der Waals surface area contributed by atoms with Gasteiger partial charge in [-0.3, -0.25) is 4.79 Å². The Kier molecular flexibility index (Phi) is 5.02. The zero-order chi connectivity index (χ0) is 14.4. The first-order valence-corrected chi connectivity index (χ1v) is 7.49. The van der Waals surface area contributed by atoms with E-state index in [1.165, 1.54) is 4.90 Å². The summed E-state index contributed by atoms with van der Waals surface area (Å²) in [4.78, 5) is 13.2. The second-order valence-corrected chi connectivity index (χ2v) is 5.62. The van der Waals surface area contributed by atoms with Gasteiger partial charge in [0.1, 0.15) is 0 Å². The van der Waals surface area contributed by atoms with Crippen molar-refractivity contribution < 1.29 is 4.79 Å². The van der Waals surface area contributed by atoms with Gasteiger partial charge >= 0.3 is 0 Å². The van der Waals surface area contributed by atoms with Crippen LogP contribution in [0.4, 0.5) is 5.69 Å². The maximum absolute atomic E-state index is 12.1. The molecule has 3 heteroatoms. The monoisotopic (exact) mass is 283 g/mol. The minimum Gasteiger partial charge on any atom is -0.398 e. The van der Waals surface area contributed by atoms with Crippen LogP contribution in [0.5, 0.6) is 0 Å². The van der Waals surface area contributed by atoms with E-state index >= 15 is 0 Å². The third kappa shape index (κ3) is 3.75. The molecule has 2 rings (SSSR count). The average molecular weight is 283 g/mol. The molecule has 0 aliphatic carbocycles. The summed E-state index contributed by atoms with van der Waals surface area (Å²) >= 11 is 1.76. The molecule has 0 fully saturated rings. The Labute approximate surface area is 123 Å². The summed E-state index contributed by atoms with van der Waals surface area (Å²) in [5.74, 6) is 1.02. The van der Waals surface area contributed by atoms with Crippen molar-refractivity contribution in [3.63, 3.8) is 0 Å². The number of nitrogens with two attached hydrogens (primary N) is 1. The third-order valence-electron chi connectivity index (χ3n) is 2.86. The number of thioether (sulfide) groups is 1. The van der Waals surface area contributed by atoms with Crippen molar-refractivity contribution >= 4 is 29.3 Å². The van der Waals surface area contributed by atoms with Gasteiger partial charge in [-0.25, -0.2) is 0 Å². The number of anilines is 1. The Bertz CT molecular complexity index is 617. The molecular weight excluding hydrogens is 266 g/mol. The van der Waals surface area contributed by atoms with Crippen molar-refractivity contribution in [1.29, 1.82) is 0 Å². The number of ketones is 1. The molecule has 0 spiro atoms. The van der Waals surface area contributed by atoms with Crippen molar-refractivity contribution in [1.82, 2.24) is 0 Å². The van der Waals surface area contributed by atoms with Crippen LogP contribution in [0.25, 0.3) is 6.08 Å². The van der Waals surface area contributed by atoms with Crippen LogP contribution < -0.4 is 5.73 Å². The van der Waals surface area contributed by atoms with Gasteiger partial charge in [-0.05, 0) is 53.8 Å². The van der Waals surface area contributed by atoms with Crippen molar-refractivity contribution in [2.45, 2.75) is 11.8 Å². The van der Waals surface area contributed by atoms with E-state index < -0.39 is 0 Å². The first-order valence-electron chi connectivity index (χ1n) is 6.50. The SMILES string of the molecule is CCSc1ccc(C(=O)C=Cc2ccccc2N)cc1.